The van der Waals surface area contributed by atoms with Gasteiger partial charge >= 0.3 is 0 Å². The average Bonchev–Trinajstić information content (AvgIpc) is 2.86. The Kier molecular flexibility index (Phi) is 5.48. The molecule has 0 atom stereocenters. The largest absolute Gasteiger partial charge is 0.269 e. The minimum atomic E-state index is 0.652. The molecule has 3 heteroatoms. The number of allylic oxidation sites excluding steroid dienone is 2. The van der Waals surface area contributed by atoms with Gasteiger partial charge in [0.15, 0.2) is 0 Å². The summed E-state index contributed by atoms with van der Waals surface area (Å²) in [4.78, 5) is 0. The van der Waals surface area contributed by atoms with Crippen molar-refractivity contribution in [2.45, 2.75) is 57.9 Å². The third-order valence-corrected chi connectivity index (χ3v) is 4.13. The predicted octanol–water partition coefficient (Wildman–Crippen LogP) is 4.66. The molecule has 1 heterocycles. The predicted molar refractivity (Wildman–Crippen MR) is 80.2 cm³/mol. The lowest BCUT2D eigenvalue weighted by Gasteiger charge is -2.21. The van der Waals surface area contributed by atoms with Gasteiger partial charge in [0.25, 0.3) is 0 Å². The fourth-order valence-electron chi connectivity index (χ4n) is 2.68. The molecular formula is C15H23BrN2. The molecule has 1 fully saturated rings. The van der Waals surface area contributed by atoms with E-state index in [-0.39, 0.29) is 0 Å². The third kappa shape index (κ3) is 3.98. The summed E-state index contributed by atoms with van der Waals surface area (Å²) in [6.45, 7) is 2.20. The van der Waals surface area contributed by atoms with Gasteiger partial charge in [-0.3, -0.25) is 4.68 Å². The van der Waals surface area contributed by atoms with Crippen LogP contribution in [0.4, 0.5) is 0 Å². The van der Waals surface area contributed by atoms with Gasteiger partial charge in [0.2, 0.25) is 0 Å². The first-order valence-electron chi connectivity index (χ1n) is 7.05. The van der Waals surface area contributed by atoms with Crippen LogP contribution < -0.4 is 0 Å². The summed E-state index contributed by atoms with van der Waals surface area (Å²) in [6.07, 6.45) is 13.3. The second-order valence-electron chi connectivity index (χ2n) is 5.28. The number of hydrogen-bond donors (Lipinski definition) is 0. The third-order valence-electron chi connectivity index (χ3n) is 3.67. The number of halogens is 1. The van der Waals surface area contributed by atoms with E-state index in [0.29, 0.717) is 6.04 Å². The Morgan fingerprint density at radius 1 is 1.44 bits per heavy atom. The molecule has 0 bridgehead atoms. The zero-order chi connectivity index (χ0) is 12.8. The van der Waals surface area contributed by atoms with Gasteiger partial charge in [-0.25, -0.2) is 0 Å². The van der Waals surface area contributed by atoms with Crippen LogP contribution in [-0.4, -0.2) is 15.1 Å². The van der Waals surface area contributed by atoms with Gasteiger partial charge in [-0.2, -0.15) is 5.10 Å². The quantitative estimate of drug-likeness (QED) is 0.571. The molecule has 2 rings (SSSR count). The maximum Gasteiger partial charge on any atom is 0.0664 e. The molecular weight excluding hydrogens is 288 g/mol. The molecule has 1 saturated carbocycles. The van der Waals surface area contributed by atoms with Gasteiger partial charge in [-0.05, 0) is 32.3 Å². The number of alkyl halides is 1. The van der Waals surface area contributed by atoms with E-state index in [9.17, 15) is 0 Å². The van der Waals surface area contributed by atoms with Crippen molar-refractivity contribution >= 4 is 15.9 Å². The molecule has 1 aliphatic carbocycles. The van der Waals surface area contributed by atoms with Crippen LogP contribution in [0, 0.1) is 0 Å². The normalized spacial score (nSPS) is 18.2. The molecule has 0 radical (unpaired) electrons. The van der Waals surface area contributed by atoms with Gasteiger partial charge < -0.3 is 0 Å². The molecule has 0 unspecified atom stereocenters. The lowest BCUT2D eigenvalue weighted by atomic mass is 9.96. The Morgan fingerprint density at radius 2 is 2.22 bits per heavy atom. The Hall–Kier alpha value is -0.570. The Labute approximate surface area is 119 Å². The standard InChI is InChI=1S/C15H23BrN2/c1-13(6-5-10-16)12-14-9-11-18(17-14)15-7-3-2-4-8-15/h6,9,11,15H,2-5,7-8,10,12H2,1H3. The van der Waals surface area contributed by atoms with Crippen molar-refractivity contribution in [3.63, 3.8) is 0 Å². The molecule has 100 valence electrons. The van der Waals surface area contributed by atoms with Gasteiger partial charge in [0.1, 0.15) is 0 Å². The highest BCUT2D eigenvalue weighted by Crippen LogP contribution is 2.27. The molecule has 0 aliphatic heterocycles. The van der Waals surface area contributed by atoms with Crippen LogP contribution >= 0.6 is 15.9 Å². The lowest BCUT2D eigenvalue weighted by Crippen LogP contribution is -2.13. The minimum absolute atomic E-state index is 0.652. The van der Waals surface area contributed by atoms with E-state index in [2.05, 4.69) is 45.9 Å². The second kappa shape index (κ2) is 7.13. The maximum absolute atomic E-state index is 4.75. The van der Waals surface area contributed by atoms with Crippen LogP contribution in [0.3, 0.4) is 0 Å². The van der Waals surface area contributed by atoms with E-state index in [1.807, 2.05) is 0 Å². The molecule has 18 heavy (non-hydrogen) atoms. The van der Waals surface area contributed by atoms with Crippen molar-refractivity contribution in [1.29, 1.82) is 0 Å². The van der Waals surface area contributed by atoms with E-state index >= 15 is 0 Å². The molecule has 0 N–H and O–H groups in total. The first kappa shape index (κ1) is 13.9. The Morgan fingerprint density at radius 3 is 2.94 bits per heavy atom. The van der Waals surface area contributed by atoms with Gasteiger partial charge in [-0.15, -0.1) is 0 Å². The summed E-state index contributed by atoms with van der Waals surface area (Å²) >= 11 is 3.46. The van der Waals surface area contributed by atoms with E-state index in [1.165, 1.54) is 43.4 Å². The van der Waals surface area contributed by atoms with Crippen LogP contribution in [0.2, 0.25) is 0 Å². The van der Waals surface area contributed by atoms with Crippen molar-refractivity contribution in [1.82, 2.24) is 9.78 Å². The van der Waals surface area contributed by atoms with Crippen molar-refractivity contribution in [2.75, 3.05) is 5.33 Å². The summed E-state index contributed by atoms with van der Waals surface area (Å²) in [5, 5.41) is 5.79. The van der Waals surface area contributed by atoms with Crippen LogP contribution in [0.25, 0.3) is 0 Å². The number of nitrogens with zero attached hydrogens (tertiary/aromatic N) is 2. The van der Waals surface area contributed by atoms with E-state index in [0.717, 1.165) is 18.2 Å². The van der Waals surface area contributed by atoms with Crippen molar-refractivity contribution in [3.05, 3.63) is 29.6 Å². The van der Waals surface area contributed by atoms with Gasteiger partial charge in [-0.1, -0.05) is 46.8 Å². The maximum atomic E-state index is 4.75. The lowest BCUT2D eigenvalue weighted by molar-refractivity contribution is 0.328. The molecule has 1 aromatic rings. The smallest absolute Gasteiger partial charge is 0.0664 e. The Bertz CT molecular complexity index is 389. The summed E-state index contributed by atoms with van der Waals surface area (Å²) in [7, 11) is 0. The van der Waals surface area contributed by atoms with E-state index in [1.54, 1.807) is 0 Å². The first-order chi connectivity index (χ1) is 8.79. The SMILES string of the molecule is CC(=CCCBr)Cc1ccn(C2CCCCC2)n1. The van der Waals surface area contributed by atoms with Crippen LogP contribution in [-0.2, 0) is 6.42 Å². The highest BCUT2D eigenvalue weighted by Gasteiger charge is 2.15. The van der Waals surface area contributed by atoms with Crippen molar-refractivity contribution in [3.8, 4) is 0 Å². The fraction of sp³-hybridized carbons (Fsp3) is 0.667. The summed E-state index contributed by atoms with van der Waals surface area (Å²) < 4.78 is 2.20. The van der Waals surface area contributed by atoms with Crippen molar-refractivity contribution < 1.29 is 0 Å². The zero-order valence-electron chi connectivity index (χ0n) is 11.2. The number of rotatable bonds is 5. The van der Waals surface area contributed by atoms with Gasteiger partial charge in [0, 0.05) is 17.9 Å². The molecule has 0 amide bonds. The molecule has 0 spiro atoms. The zero-order valence-corrected chi connectivity index (χ0v) is 12.8. The van der Waals surface area contributed by atoms with Gasteiger partial charge in [0.05, 0.1) is 11.7 Å². The summed E-state index contributed by atoms with van der Waals surface area (Å²) in [5.74, 6) is 0. The van der Waals surface area contributed by atoms with Crippen LogP contribution in [0.1, 0.15) is 57.2 Å². The summed E-state index contributed by atoms with van der Waals surface area (Å²) in [6, 6.07) is 2.83. The Balaban J connectivity index is 1.93. The number of hydrogen-bond acceptors (Lipinski definition) is 1. The summed E-state index contributed by atoms with van der Waals surface area (Å²) in [5.41, 5.74) is 2.63. The van der Waals surface area contributed by atoms with Crippen molar-refractivity contribution in [2.24, 2.45) is 0 Å². The fourth-order valence-corrected chi connectivity index (χ4v) is 2.91. The van der Waals surface area contributed by atoms with Crippen LogP contribution in [0.15, 0.2) is 23.9 Å². The average molecular weight is 311 g/mol. The molecule has 2 nitrogen and oxygen atoms in total. The first-order valence-corrected chi connectivity index (χ1v) is 8.17. The molecule has 0 aromatic carbocycles. The highest BCUT2D eigenvalue weighted by atomic mass is 79.9. The molecule has 1 aliphatic rings. The second-order valence-corrected chi connectivity index (χ2v) is 6.08. The topological polar surface area (TPSA) is 17.8 Å². The number of aromatic nitrogens is 2. The minimum Gasteiger partial charge on any atom is -0.269 e. The molecule has 0 saturated heterocycles. The van der Waals surface area contributed by atoms with Crippen LogP contribution in [0.5, 0.6) is 0 Å². The van der Waals surface area contributed by atoms with E-state index in [4.69, 9.17) is 5.10 Å². The molecule has 1 aromatic heterocycles. The van der Waals surface area contributed by atoms with E-state index < -0.39 is 0 Å². The monoisotopic (exact) mass is 310 g/mol. The highest BCUT2D eigenvalue weighted by molar-refractivity contribution is 9.09.